The molecule has 1 heterocycles. The highest BCUT2D eigenvalue weighted by Gasteiger charge is 2.26. The second kappa shape index (κ2) is 13.0. The molecule has 0 saturated heterocycles. The van der Waals surface area contributed by atoms with Crippen molar-refractivity contribution in [1.29, 1.82) is 0 Å². The number of nitrogens with two attached hydrogens (primary N) is 1. The van der Waals surface area contributed by atoms with Gasteiger partial charge in [0.15, 0.2) is 0 Å². The molecule has 1 aliphatic rings. The number of hydrogen-bond acceptors (Lipinski definition) is 6. The Hall–Kier alpha value is -3.43. The van der Waals surface area contributed by atoms with Gasteiger partial charge in [0.1, 0.15) is 5.75 Å². The van der Waals surface area contributed by atoms with Crippen molar-refractivity contribution >= 4 is 23.5 Å². The lowest BCUT2D eigenvalue weighted by Crippen LogP contribution is -2.47. The summed E-state index contributed by atoms with van der Waals surface area (Å²) in [7, 11) is 0. The van der Waals surface area contributed by atoms with Gasteiger partial charge < -0.3 is 25.4 Å². The van der Waals surface area contributed by atoms with E-state index in [1.54, 1.807) is 9.80 Å². The summed E-state index contributed by atoms with van der Waals surface area (Å²) in [6.45, 7) is 7.08. The monoisotopic (exact) mass is 496 g/mol. The molecular formula is C27H36N4O5. The lowest BCUT2D eigenvalue weighted by Gasteiger charge is -2.29. The zero-order chi connectivity index (χ0) is 26.1. The van der Waals surface area contributed by atoms with Crippen LogP contribution in [-0.2, 0) is 27.5 Å². The van der Waals surface area contributed by atoms with Crippen LogP contribution in [0.5, 0.6) is 5.75 Å². The predicted molar refractivity (Wildman–Crippen MR) is 138 cm³/mol. The second-order valence-electron chi connectivity index (χ2n) is 8.93. The molecule has 0 fully saturated rings. The molecule has 36 heavy (non-hydrogen) atoms. The smallest absolute Gasteiger partial charge is 0.305 e. The van der Waals surface area contributed by atoms with Gasteiger partial charge in [-0.25, -0.2) is 0 Å². The first-order valence-electron chi connectivity index (χ1n) is 12.3. The maximum Gasteiger partial charge on any atom is 0.305 e. The zero-order valence-corrected chi connectivity index (χ0v) is 21.1. The predicted octanol–water partition coefficient (Wildman–Crippen LogP) is 2.47. The minimum atomic E-state index is -1.14. The van der Waals surface area contributed by atoms with E-state index in [4.69, 9.17) is 15.6 Å². The molecule has 9 heteroatoms. The van der Waals surface area contributed by atoms with Crippen molar-refractivity contribution in [2.45, 2.75) is 45.8 Å². The van der Waals surface area contributed by atoms with Gasteiger partial charge in [-0.1, -0.05) is 36.4 Å². The molecule has 0 radical (unpaired) electrons. The Kier molecular flexibility index (Phi) is 9.84. The molecule has 2 aromatic carbocycles. The van der Waals surface area contributed by atoms with Crippen molar-refractivity contribution in [3.05, 3.63) is 59.7 Å². The molecule has 1 aliphatic heterocycles. The third-order valence-corrected chi connectivity index (χ3v) is 6.26. The molecule has 194 valence electrons. The van der Waals surface area contributed by atoms with Crippen molar-refractivity contribution in [3.63, 3.8) is 0 Å². The molecule has 0 unspecified atom stereocenters. The van der Waals surface area contributed by atoms with Crippen LogP contribution in [0.3, 0.4) is 0 Å². The van der Waals surface area contributed by atoms with Crippen molar-refractivity contribution < 1.29 is 24.2 Å². The van der Waals surface area contributed by atoms with Crippen LogP contribution >= 0.6 is 0 Å². The van der Waals surface area contributed by atoms with Crippen LogP contribution in [0.25, 0.3) is 0 Å². The average Bonchev–Trinajstić information content (AvgIpc) is 2.87. The highest BCUT2D eigenvalue weighted by molar-refractivity contribution is 5.92. The van der Waals surface area contributed by atoms with E-state index >= 15 is 0 Å². The minimum absolute atomic E-state index is 0.0737. The number of carboxylic acid groups (broad SMARTS) is 1. The molecule has 2 aromatic rings. The van der Waals surface area contributed by atoms with E-state index in [1.165, 1.54) is 6.92 Å². The van der Waals surface area contributed by atoms with Gasteiger partial charge in [-0.2, -0.15) is 0 Å². The van der Waals surface area contributed by atoms with E-state index in [-0.39, 0.29) is 12.5 Å². The van der Waals surface area contributed by atoms with Crippen LogP contribution in [0.15, 0.2) is 48.5 Å². The number of carboxylic acids is 1. The molecule has 2 amide bonds. The topological polar surface area (TPSA) is 116 Å². The summed E-state index contributed by atoms with van der Waals surface area (Å²) < 4.78 is 5.80. The van der Waals surface area contributed by atoms with E-state index < -0.39 is 24.3 Å². The summed E-state index contributed by atoms with van der Waals surface area (Å²) in [5.41, 5.74) is 8.60. The van der Waals surface area contributed by atoms with Crippen LogP contribution in [0.2, 0.25) is 0 Å². The van der Waals surface area contributed by atoms with Crippen LogP contribution in [0.4, 0.5) is 5.69 Å². The van der Waals surface area contributed by atoms with Crippen LogP contribution in [0, 0.1) is 0 Å². The van der Waals surface area contributed by atoms with Gasteiger partial charge in [0.25, 0.3) is 0 Å². The Balaban J connectivity index is 1.92. The fourth-order valence-corrected chi connectivity index (χ4v) is 4.49. The fourth-order valence-electron chi connectivity index (χ4n) is 4.49. The number of nitrogens with zero attached hydrogens (tertiary/aromatic N) is 3. The third-order valence-electron chi connectivity index (χ3n) is 6.26. The number of rotatable bonds is 7. The average molecular weight is 497 g/mol. The van der Waals surface area contributed by atoms with Gasteiger partial charge >= 0.3 is 5.97 Å². The summed E-state index contributed by atoms with van der Waals surface area (Å²) in [6.07, 6.45) is 0.305. The van der Waals surface area contributed by atoms with E-state index in [0.29, 0.717) is 39.3 Å². The highest BCUT2D eigenvalue weighted by Crippen LogP contribution is 2.25. The summed E-state index contributed by atoms with van der Waals surface area (Å²) in [5, 5.41) is 9.17. The molecule has 3 rings (SSSR count). The molecule has 0 aromatic heterocycles. The summed E-state index contributed by atoms with van der Waals surface area (Å²) in [6, 6.07) is 14.2. The van der Waals surface area contributed by atoms with Crippen molar-refractivity contribution in [1.82, 2.24) is 9.80 Å². The van der Waals surface area contributed by atoms with Gasteiger partial charge in [-0.15, -0.1) is 0 Å². The number of ether oxygens (including phenoxy) is 1. The third kappa shape index (κ3) is 7.29. The van der Waals surface area contributed by atoms with Crippen LogP contribution in [-0.4, -0.2) is 71.5 Å². The molecule has 0 saturated carbocycles. The number of amides is 2. The van der Waals surface area contributed by atoms with Crippen molar-refractivity contribution in [3.8, 4) is 5.75 Å². The van der Waals surface area contributed by atoms with E-state index in [0.717, 1.165) is 29.0 Å². The first kappa shape index (κ1) is 27.2. The quantitative estimate of drug-likeness (QED) is 0.605. The number of para-hydroxylation sites is 2. The maximum atomic E-state index is 13.2. The van der Waals surface area contributed by atoms with Crippen molar-refractivity contribution in [2.75, 3.05) is 37.7 Å². The Morgan fingerprint density at radius 1 is 1.03 bits per heavy atom. The first-order chi connectivity index (χ1) is 17.3. The van der Waals surface area contributed by atoms with Crippen LogP contribution in [0.1, 0.15) is 37.8 Å². The second-order valence-corrected chi connectivity index (χ2v) is 8.93. The van der Waals surface area contributed by atoms with E-state index in [9.17, 15) is 14.4 Å². The fraction of sp³-hybridized carbons (Fsp3) is 0.444. The summed E-state index contributed by atoms with van der Waals surface area (Å²) >= 11 is 0. The molecule has 0 spiro atoms. The van der Waals surface area contributed by atoms with Gasteiger partial charge in [-0.05, 0) is 31.0 Å². The van der Waals surface area contributed by atoms with Crippen molar-refractivity contribution in [2.24, 2.45) is 5.73 Å². The SMILES string of the molecule is CCOc1ccccc1CN1CCCN(C(C)=O)c2ccccc2CN(C(=O)[C@@H](N)CC(=O)O)CC1. The Morgan fingerprint density at radius 3 is 2.47 bits per heavy atom. The standard InChI is InChI=1S/C27H36N4O5/c1-3-36-25-12-7-5-10-22(25)18-29-13-8-14-31(20(2)32)24-11-6-4-9-21(24)19-30(16-15-29)27(35)23(28)17-26(33)34/h4-7,9-12,23H,3,8,13-19,28H2,1-2H3,(H,33,34)/t23-/m0/s1. The lowest BCUT2D eigenvalue weighted by molar-refractivity contribution is -0.142. The molecular weight excluding hydrogens is 460 g/mol. The molecule has 0 bridgehead atoms. The van der Waals surface area contributed by atoms with Gasteiger partial charge in [0.2, 0.25) is 11.8 Å². The number of carbonyl (C=O) groups is 3. The number of carbonyl (C=O) groups excluding carboxylic acids is 2. The first-order valence-corrected chi connectivity index (χ1v) is 12.3. The molecule has 9 nitrogen and oxygen atoms in total. The maximum absolute atomic E-state index is 13.2. The van der Waals surface area contributed by atoms with E-state index in [2.05, 4.69) is 4.90 Å². The number of aliphatic carboxylic acids is 1. The number of fused-ring (bicyclic) bond motifs is 1. The van der Waals surface area contributed by atoms with Crippen LogP contribution < -0.4 is 15.4 Å². The zero-order valence-electron chi connectivity index (χ0n) is 21.1. The lowest BCUT2D eigenvalue weighted by atomic mass is 10.1. The number of hydrogen-bond donors (Lipinski definition) is 2. The molecule has 0 aliphatic carbocycles. The normalized spacial score (nSPS) is 16.0. The summed E-state index contributed by atoms with van der Waals surface area (Å²) in [5.74, 6) is -0.791. The minimum Gasteiger partial charge on any atom is -0.494 e. The Bertz CT molecular complexity index is 1060. The number of benzene rings is 2. The summed E-state index contributed by atoms with van der Waals surface area (Å²) in [4.78, 5) is 42.6. The van der Waals surface area contributed by atoms with E-state index in [1.807, 2.05) is 55.5 Å². The van der Waals surface area contributed by atoms with Gasteiger partial charge in [0, 0.05) is 57.4 Å². The number of anilines is 1. The molecule has 1 atom stereocenters. The van der Waals surface area contributed by atoms with Gasteiger partial charge in [0.05, 0.1) is 19.1 Å². The van der Waals surface area contributed by atoms with Gasteiger partial charge in [-0.3, -0.25) is 19.3 Å². The highest BCUT2D eigenvalue weighted by atomic mass is 16.5. The Labute approximate surface area is 212 Å². The molecule has 3 N–H and O–H groups in total. The largest absolute Gasteiger partial charge is 0.494 e. The Morgan fingerprint density at radius 2 is 1.75 bits per heavy atom.